The molecule has 8 heteroatoms. The SMILES string of the molecule is C=CCOC(=O)c1cccc(-c2ccc(C=C3C(=O)NC(=S)NC3=O)o2)c1. The second kappa shape index (κ2) is 7.79. The summed E-state index contributed by atoms with van der Waals surface area (Å²) in [6, 6.07) is 9.99. The fourth-order valence-corrected chi connectivity index (χ4v) is 2.54. The van der Waals surface area contributed by atoms with Gasteiger partial charge in [-0.05, 0) is 42.6 Å². The highest BCUT2D eigenvalue weighted by molar-refractivity contribution is 7.80. The van der Waals surface area contributed by atoms with Crippen LogP contribution in [-0.4, -0.2) is 29.5 Å². The van der Waals surface area contributed by atoms with Crippen LogP contribution in [0.5, 0.6) is 0 Å². The van der Waals surface area contributed by atoms with E-state index in [1.54, 1.807) is 36.4 Å². The molecule has 136 valence electrons. The van der Waals surface area contributed by atoms with Crippen molar-refractivity contribution in [1.29, 1.82) is 0 Å². The van der Waals surface area contributed by atoms with Crippen LogP contribution in [0.3, 0.4) is 0 Å². The minimum absolute atomic E-state index is 0.0394. The standard InChI is InChI=1S/C19H14N2O5S/c1-2-8-25-18(24)12-5-3-4-11(9-12)15-7-6-13(26-15)10-14-16(22)20-19(27)21-17(14)23/h2-7,9-10H,1,8H2,(H2,20,21,22,23,27). The van der Waals surface area contributed by atoms with E-state index in [4.69, 9.17) is 21.4 Å². The van der Waals surface area contributed by atoms with Crippen molar-refractivity contribution >= 4 is 41.2 Å². The Balaban J connectivity index is 1.84. The third kappa shape index (κ3) is 4.18. The van der Waals surface area contributed by atoms with Crippen molar-refractivity contribution in [3.05, 3.63) is 65.9 Å². The molecule has 2 amide bonds. The monoisotopic (exact) mass is 382 g/mol. The van der Waals surface area contributed by atoms with Gasteiger partial charge in [-0.3, -0.25) is 20.2 Å². The molecule has 1 aliphatic heterocycles. The Labute approximate surface area is 159 Å². The molecule has 2 heterocycles. The lowest BCUT2D eigenvalue weighted by Gasteiger charge is -2.15. The molecule has 1 aromatic heterocycles. The van der Waals surface area contributed by atoms with Gasteiger partial charge in [0, 0.05) is 5.56 Å². The van der Waals surface area contributed by atoms with Crippen molar-refractivity contribution in [3.63, 3.8) is 0 Å². The molecular weight excluding hydrogens is 368 g/mol. The number of benzene rings is 1. The smallest absolute Gasteiger partial charge is 0.338 e. The van der Waals surface area contributed by atoms with Gasteiger partial charge in [-0.25, -0.2) is 4.79 Å². The lowest BCUT2D eigenvalue weighted by atomic mass is 10.1. The minimum Gasteiger partial charge on any atom is -0.458 e. The van der Waals surface area contributed by atoms with E-state index in [1.165, 1.54) is 12.2 Å². The van der Waals surface area contributed by atoms with Crippen LogP contribution < -0.4 is 10.6 Å². The summed E-state index contributed by atoms with van der Waals surface area (Å²) in [6.45, 7) is 3.62. The molecule has 0 unspecified atom stereocenters. The Bertz CT molecular complexity index is 967. The average Bonchev–Trinajstić information content (AvgIpc) is 3.11. The van der Waals surface area contributed by atoms with Gasteiger partial charge in [0.25, 0.3) is 11.8 Å². The van der Waals surface area contributed by atoms with Crippen LogP contribution in [0.15, 0.2) is 59.0 Å². The molecule has 1 fully saturated rings. The maximum atomic E-state index is 11.9. The summed E-state index contributed by atoms with van der Waals surface area (Å²) >= 11 is 4.75. The highest BCUT2D eigenvalue weighted by Crippen LogP contribution is 2.25. The van der Waals surface area contributed by atoms with E-state index in [2.05, 4.69) is 17.2 Å². The number of hydrogen-bond acceptors (Lipinski definition) is 6. The number of ether oxygens (including phenoxy) is 1. The molecule has 2 N–H and O–H groups in total. The fraction of sp³-hybridized carbons (Fsp3) is 0.0526. The van der Waals surface area contributed by atoms with E-state index in [0.29, 0.717) is 22.6 Å². The number of esters is 1. The predicted octanol–water partition coefficient (Wildman–Crippen LogP) is 2.20. The molecule has 0 radical (unpaired) electrons. The predicted molar refractivity (Wildman–Crippen MR) is 101 cm³/mol. The number of nitrogens with one attached hydrogen (secondary N) is 2. The number of thiocarbonyl (C=S) groups is 1. The molecule has 1 aliphatic rings. The number of carbonyl (C=O) groups is 3. The molecule has 1 saturated heterocycles. The Morgan fingerprint density at radius 3 is 2.63 bits per heavy atom. The lowest BCUT2D eigenvalue weighted by Crippen LogP contribution is -2.51. The third-order valence-corrected chi connectivity index (χ3v) is 3.78. The van der Waals surface area contributed by atoms with Crippen molar-refractivity contribution in [3.8, 4) is 11.3 Å². The molecule has 0 aliphatic carbocycles. The topological polar surface area (TPSA) is 97.6 Å². The number of amides is 2. The molecule has 1 aromatic carbocycles. The largest absolute Gasteiger partial charge is 0.458 e. The summed E-state index contributed by atoms with van der Waals surface area (Å²) in [5.74, 6) is -0.912. The first-order valence-electron chi connectivity index (χ1n) is 7.84. The zero-order valence-corrected chi connectivity index (χ0v) is 14.8. The second-order valence-corrected chi connectivity index (χ2v) is 5.87. The summed E-state index contributed by atoms with van der Waals surface area (Å²) in [5.41, 5.74) is 0.892. The van der Waals surface area contributed by atoms with Crippen molar-refractivity contribution in [2.45, 2.75) is 0 Å². The van der Waals surface area contributed by atoms with Gasteiger partial charge in [0.15, 0.2) is 5.11 Å². The van der Waals surface area contributed by atoms with E-state index in [-0.39, 0.29) is 17.3 Å². The van der Waals surface area contributed by atoms with Gasteiger partial charge >= 0.3 is 5.97 Å². The number of furan rings is 1. The quantitative estimate of drug-likeness (QED) is 0.271. The molecule has 0 spiro atoms. The van der Waals surface area contributed by atoms with Crippen molar-refractivity contribution in [1.82, 2.24) is 10.6 Å². The maximum absolute atomic E-state index is 11.9. The first kappa shape index (κ1) is 18.3. The van der Waals surface area contributed by atoms with Gasteiger partial charge in [-0.1, -0.05) is 24.8 Å². The summed E-state index contributed by atoms with van der Waals surface area (Å²) in [7, 11) is 0. The molecule has 0 bridgehead atoms. The number of rotatable bonds is 5. The molecule has 7 nitrogen and oxygen atoms in total. The Morgan fingerprint density at radius 2 is 1.93 bits per heavy atom. The lowest BCUT2D eigenvalue weighted by molar-refractivity contribution is -0.123. The molecule has 3 rings (SSSR count). The molecular formula is C19H14N2O5S. The molecule has 0 saturated carbocycles. The summed E-state index contributed by atoms with van der Waals surface area (Å²) in [5, 5.41) is 4.66. The molecule has 2 aromatic rings. The summed E-state index contributed by atoms with van der Waals surface area (Å²) in [4.78, 5) is 35.7. The molecule has 27 heavy (non-hydrogen) atoms. The van der Waals surface area contributed by atoms with Crippen LogP contribution in [0.1, 0.15) is 16.1 Å². The average molecular weight is 382 g/mol. The highest BCUT2D eigenvalue weighted by Gasteiger charge is 2.26. The van der Waals surface area contributed by atoms with Gasteiger partial charge in [0.05, 0.1) is 5.56 Å². The Morgan fingerprint density at radius 1 is 1.19 bits per heavy atom. The van der Waals surface area contributed by atoms with Crippen molar-refractivity contribution < 1.29 is 23.5 Å². The van der Waals surface area contributed by atoms with Gasteiger partial charge in [-0.2, -0.15) is 0 Å². The van der Waals surface area contributed by atoms with Crippen LogP contribution in [0.25, 0.3) is 17.4 Å². The minimum atomic E-state index is -0.603. The van der Waals surface area contributed by atoms with Crippen LogP contribution >= 0.6 is 12.2 Å². The zero-order valence-electron chi connectivity index (χ0n) is 14.0. The molecule has 0 atom stereocenters. The van der Waals surface area contributed by atoms with Gasteiger partial charge in [0.1, 0.15) is 23.7 Å². The second-order valence-electron chi connectivity index (χ2n) is 5.47. The van der Waals surface area contributed by atoms with Crippen molar-refractivity contribution in [2.75, 3.05) is 6.61 Å². The normalized spacial score (nSPS) is 13.6. The third-order valence-electron chi connectivity index (χ3n) is 3.57. The van der Waals surface area contributed by atoms with Gasteiger partial charge in [-0.15, -0.1) is 0 Å². The maximum Gasteiger partial charge on any atom is 0.338 e. The van der Waals surface area contributed by atoms with E-state index < -0.39 is 17.8 Å². The van der Waals surface area contributed by atoms with Crippen LogP contribution in [-0.2, 0) is 14.3 Å². The van der Waals surface area contributed by atoms with Crippen molar-refractivity contribution in [2.24, 2.45) is 0 Å². The highest BCUT2D eigenvalue weighted by atomic mass is 32.1. The summed E-state index contributed by atoms with van der Waals surface area (Å²) in [6.07, 6.45) is 2.80. The van der Waals surface area contributed by atoms with Crippen LogP contribution in [0.4, 0.5) is 0 Å². The zero-order chi connectivity index (χ0) is 19.4. The van der Waals surface area contributed by atoms with E-state index in [1.807, 2.05) is 0 Å². The van der Waals surface area contributed by atoms with Gasteiger partial charge in [0.2, 0.25) is 0 Å². The number of carbonyl (C=O) groups excluding carboxylic acids is 3. The van der Waals surface area contributed by atoms with Crippen LogP contribution in [0, 0.1) is 0 Å². The van der Waals surface area contributed by atoms with E-state index in [0.717, 1.165) is 0 Å². The Kier molecular flexibility index (Phi) is 5.28. The Hall–Kier alpha value is -3.52. The first-order chi connectivity index (χ1) is 13.0. The van der Waals surface area contributed by atoms with E-state index in [9.17, 15) is 14.4 Å². The van der Waals surface area contributed by atoms with Crippen LogP contribution in [0.2, 0.25) is 0 Å². The number of hydrogen-bond donors (Lipinski definition) is 2. The first-order valence-corrected chi connectivity index (χ1v) is 8.25. The fourth-order valence-electron chi connectivity index (χ4n) is 2.35. The van der Waals surface area contributed by atoms with E-state index >= 15 is 0 Å². The van der Waals surface area contributed by atoms with Gasteiger partial charge < -0.3 is 9.15 Å². The summed E-state index contributed by atoms with van der Waals surface area (Å²) < 4.78 is 10.7.